The number of methoxy groups -OCH3 is 1. The molecule has 0 radical (unpaired) electrons. The van der Waals surface area contributed by atoms with E-state index in [0.29, 0.717) is 24.5 Å². The van der Waals surface area contributed by atoms with E-state index in [-0.39, 0.29) is 18.5 Å². The lowest BCUT2D eigenvalue weighted by Crippen LogP contribution is -2.54. The Morgan fingerprint density at radius 2 is 1.62 bits per heavy atom. The van der Waals surface area contributed by atoms with Crippen LogP contribution in [0.4, 0.5) is 11.9 Å². The zero-order valence-electron chi connectivity index (χ0n) is 14.7. The second kappa shape index (κ2) is 7.19. The maximum atomic E-state index is 12.1. The number of carbonyl (C=O) groups is 1. The van der Waals surface area contributed by atoms with E-state index in [2.05, 4.69) is 19.9 Å². The molecular weight excluding hydrogens is 308 g/mol. The van der Waals surface area contributed by atoms with Gasteiger partial charge in [-0.25, -0.2) is 0 Å². The molecular formula is C16H26N6O2. The highest BCUT2D eigenvalue weighted by Crippen LogP contribution is 2.22. The summed E-state index contributed by atoms with van der Waals surface area (Å²) >= 11 is 0. The number of amides is 1. The van der Waals surface area contributed by atoms with Crippen LogP contribution in [0.2, 0.25) is 0 Å². The predicted octanol–water partition coefficient (Wildman–Crippen LogP) is 0.928. The van der Waals surface area contributed by atoms with E-state index in [1.165, 1.54) is 12.8 Å². The summed E-state index contributed by atoms with van der Waals surface area (Å²) in [5, 5.41) is 0. The quantitative estimate of drug-likeness (QED) is 0.814. The van der Waals surface area contributed by atoms with Crippen molar-refractivity contribution >= 4 is 17.8 Å². The Bertz CT molecular complexity index is 588. The van der Waals surface area contributed by atoms with Crippen LogP contribution in [-0.2, 0) is 4.79 Å². The monoisotopic (exact) mass is 334 g/mol. The minimum atomic E-state index is 0.0736. The van der Waals surface area contributed by atoms with Gasteiger partial charge >= 0.3 is 6.01 Å². The van der Waals surface area contributed by atoms with Crippen molar-refractivity contribution in [3.05, 3.63) is 0 Å². The molecule has 0 saturated carbocycles. The zero-order chi connectivity index (χ0) is 17.1. The summed E-state index contributed by atoms with van der Waals surface area (Å²) in [6.07, 6.45) is 4.78. The molecule has 0 bridgehead atoms. The number of likely N-dealkylation sites (N-methyl/N-ethyl adjacent to an activating group) is 1. The molecule has 8 nitrogen and oxygen atoms in total. The van der Waals surface area contributed by atoms with Crippen LogP contribution in [0.1, 0.15) is 32.6 Å². The Morgan fingerprint density at radius 1 is 1.00 bits per heavy atom. The molecule has 1 amide bonds. The van der Waals surface area contributed by atoms with Gasteiger partial charge in [-0.05, 0) is 19.8 Å². The van der Waals surface area contributed by atoms with Gasteiger partial charge in [-0.3, -0.25) is 4.79 Å². The minimum absolute atomic E-state index is 0.0736. The van der Waals surface area contributed by atoms with Crippen LogP contribution < -0.4 is 14.5 Å². The highest BCUT2D eigenvalue weighted by Gasteiger charge is 2.29. The van der Waals surface area contributed by atoms with Gasteiger partial charge in [0.25, 0.3) is 0 Å². The molecule has 132 valence electrons. The largest absolute Gasteiger partial charge is 0.467 e. The van der Waals surface area contributed by atoms with E-state index in [9.17, 15) is 4.79 Å². The number of nitrogens with zero attached hydrogens (tertiary/aromatic N) is 6. The summed E-state index contributed by atoms with van der Waals surface area (Å²) in [4.78, 5) is 31.5. The first-order chi connectivity index (χ1) is 11.6. The van der Waals surface area contributed by atoms with Crippen LogP contribution in [0.15, 0.2) is 0 Å². The molecule has 1 aromatic rings. The highest BCUT2D eigenvalue weighted by molar-refractivity contribution is 5.82. The van der Waals surface area contributed by atoms with Crippen molar-refractivity contribution in [2.45, 2.75) is 38.6 Å². The van der Waals surface area contributed by atoms with Crippen LogP contribution in [-0.4, -0.2) is 72.1 Å². The molecule has 1 aromatic heterocycles. The molecule has 0 N–H and O–H groups in total. The van der Waals surface area contributed by atoms with Crippen molar-refractivity contribution < 1.29 is 9.53 Å². The van der Waals surface area contributed by atoms with E-state index in [1.807, 2.05) is 18.9 Å². The van der Waals surface area contributed by atoms with Crippen molar-refractivity contribution in [2.24, 2.45) is 0 Å². The molecule has 3 rings (SSSR count). The second-order valence-electron chi connectivity index (χ2n) is 6.56. The fourth-order valence-corrected chi connectivity index (χ4v) is 3.16. The van der Waals surface area contributed by atoms with Crippen molar-refractivity contribution in [3.8, 4) is 6.01 Å². The first-order valence-corrected chi connectivity index (χ1v) is 8.64. The van der Waals surface area contributed by atoms with Gasteiger partial charge < -0.3 is 19.4 Å². The van der Waals surface area contributed by atoms with Crippen LogP contribution in [0, 0.1) is 0 Å². The van der Waals surface area contributed by atoms with Crippen molar-refractivity contribution in [1.29, 1.82) is 0 Å². The number of anilines is 2. The molecule has 8 heteroatoms. The molecule has 1 atom stereocenters. The van der Waals surface area contributed by atoms with E-state index in [4.69, 9.17) is 4.74 Å². The molecule has 24 heavy (non-hydrogen) atoms. The van der Waals surface area contributed by atoms with Gasteiger partial charge in [0.1, 0.15) is 6.54 Å². The van der Waals surface area contributed by atoms with Gasteiger partial charge in [-0.1, -0.05) is 12.8 Å². The number of ether oxygens (including phenoxy) is 1. The zero-order valence-corrected chi connectivity index (χ0v) is 14.7. The normalized spacial score (nSPS) is 22.5. The van der Waals surface area contributed by atoms with Gasteiger partial charge in [0, 0.05) is 32.7 Å². The SMILES string of the molecule is COc1nc(N2CCCCCC2)nc(N2CC(=O)N(C)C(C)C2)n1. The van der Waals surface area contributed by atoms with E-state index in [1.54, 1.807) is 12.0 Å². The third-order valence-corrected chi connectivity index (χ3v) is 4.81. The number of piperazine rings is 1. The average Bonchev–Trinajstić information content (AvgIpc) is 2.88. The fourth-order valence-electron chi connectivity index (χ4n) is 3.16. The summed E-state index contributed by atoms with van der Waals surface area (Å²) in [5.74, 6) is 1.25. The summed E-state index contributed by atoms with van der Waals surface area (Å²) < 4.78 is 5.27. The minimum Gasteiger partial charge on any atom is -0.467 e. The van der Waals surface area contributed by atoms with Gasteiger partial charge in [-0.2, -0.15) is 15.0 Å². The number of aromatic nitrogens is 3. The number of rotatable bonds is 3. The second-order valence-corrected chi connectivity index (χ2v) is 6.56. The Balaban J connectivity index is 1.87. The standard InChI is InChI=1S/C16H26N6O2/c1-12-10-22(11-13(23)20(12)2)15-17-14(18-16(19-15)24-3)21-8-6-4-5-7-9-21/h12H,4-11H2,1-3H3. The first kappa shape index (κ1) is 16.7. The summed E-state index contributed by atoms with van der Waals surface area (Å²) in [7, 11) is 3.39. The van der Waals surface area contributed by atoms with Crippen molar-refractivity contribution in [2.75, 3.05) is 50.1 Å². The molecule has 0 aliphatic carbocycles. The maximum Gasteiger partial charge on any atom is 0.322 e. The van der Waals surface area contributed by atoms with Gasteiger partial charge in [0.2, 0.25) is 17.8 Å². The molecule has 3 heterocycles. The summed E-state index contributed by atoms with van der Waals surface area (Å²) in [5.41, 5.74) is 0. The van der Waals surface area contributed by atoms with Gasteiger partial charge in [0.15, 0.2) is 0 Å². The predicted molar refractivity (Wildman–Crippen MR) is 91.5 cm³/mol. The third-order valence-electron chi connectivity index (χ3n) is 4.81. The Labute approximate surface area is 142 Å². The topological polar surface area (TPSA) is 74.7 Å². The molecule has 2 fully saturated rings. The third kappa shape index (κ3) is 3.52. The average molecular weight is 334 g/mol. The number of hydrogen-bond acceptors (Lipinski definition) is 7. The Morgan fingerprint density at radius 3 is 2.21 bits per heavy atom. The summed E-state index contributed by atoms with van der Waals surface area (Å²) in [6, 6.07) is 0.425. The molecule has 2 aliphatic heterocycles. The molecule has 1 unspecified atom stereocenters. The van der Waals surface area contributed by atoms with Gasteiger partial charge in [0.05, 0.1) is 7.11 Å². The van der Waals surface area contributed by atoms with E-state index in [0.717, 1.165) is 25.9 Å². The molecule has 0 spiro atoms. The summed E-state index contributed by atoms with van der Waals surface area (Å²) in [6.45, 7) is 4.91. The maximum absolute atomic E-state index is 12.1. The highest BCUT2D eigenvalue weighted by atomic mass is 16.5. The lowest BCUT2D eigenvalue weighted by atomic mass is 10.2. The van der Waals surface area contributed by atoms with Crippen LogP contribution in [0.25, 0.3) is 0 Å². The van der Waals surface area contributed by atoms with Crippen molar-refractivity contribution in [3.63, 3.8) is 0 Å². The number of hydrogen-bond donors (Lipinski definition) is 0. The van der Waals surface area contributed by atoms with E-state index < -0.39 is 0 Å². The van der Waals surface area contributed by atoms with Crippen molar-refractivity contribution in [1.82, 2.24) is 19.9 Å². The van der Waals surface area contributed by atoms with E-state index >= 15 is 0 Å². The molecule has 0 aromatic carbocycles. The van der Waals surface area contributed by atoms with Crippen LogP contribution in [0.3, 0.4) is 0 Å². The number of carbonyl (C=O) groups excluding carboxylic acids is 1. The lowest BCUT2D eigenvalue weighted by Gasteiger charge is -2.37. The van der Waals surface area contributed by atoms with Crippen LogP contribution in [0.5, 0.6) is 6.01 Å². The van der Waals surface area contributed by atoms with Crippen LogP contribution >= 0.6 is 0 Å². The smallest absolute Gasteiger partial charge is 0.322 e. The molecule has 2 saturated heterocycles. The first-order valence-electron chi connectivity index (χ1n) is 8.64. The Hall–Kier alpha value is -2.12. The lowest BCUT2D eigenvalue weighted by molar-refractivity contribution is -0.131. The van der Waals surface area contributed by atoms with Gasteiger partial charge in [-0.15, -0.1) is 0 Å². The fraction of sp³-hybridized carbons (Fsp3) is 0.750. The Kier molecular flexibility index (Phi) is 5.01. The molecule has 2 aliphatic rings.